The topological polar surface area (TPSA) is 48.1 Å². The first-order valence-corrected chi connectivity index (χ1v) is 7.76. The Balaban J connectivity index is 1.77. The van der Waals surface area contributed by atoms with Gasteiger partial charge in [0.2, 0.25) is 0 Å². The lowest BCUT2D eigenvalue weighted by molar-refractivity contribution is 0.311. The highest BCUT2D eigenvalue weighted by atomic mass is 32.1. The molecule has 0 bridgehead atoms. The lowest BCUT2D eigenvalue weighted by Crippen LogP contribution is -2.11. The van der Waals surface area contributed by atoms with E-state index >= 15 is 0 Å². The third-order valence-electron chi connectivity index (χ3n) is 2.98. The van der Waals surface area contributed by atoms with Crippen LogP contribution < -0.4 is 10.5 Å². The van der Waals surface area contributed by atoms with Crippen LogP contribution in [0.1, 0.15) is 37.9 Å². The van der Waals surface area contributed by atoms with E-state index in [0.29, 0.717) is 6.61 Å². The van der Waals surface area contributed by atoms with Crippen LogP contribution in [0.4, 0.5) is 5.69 Å². The minimum Gasteiger partial charge on any atom is -0.494 e. The van der Waals surface area contributed by atoms with Crippen molar-refractivity contribution >= 4 is 17.0 Å². The molecule has 0 atom stereocenters. The Bertz CT molecular complexity index is 558. The minimum atomic E-state index is 0.132. The average molecular weight is 290 g/mol. The first kappa shape index (κ1) is 14.9. The molecule has 0 unspecified atom stereocenters. The van der Waals surface area contributed by atoms with E-state index in [9.17, 15) is 0 Å². The van der Waals surface area contributed by atoms with Crippen LogP contribution in [0.5, 0.6) is 5.75 Å². The third kappa shape index (κ3) is 4.23. The van der Waals surface area contributed by atoms with Gasteiger partial charge in [-0.2, -0.15) is 0 Å². The number of nitrogen functional groups attached to an aromatic ring is 1. The molecule has 4 heteroatoms. The Morgan fingerprint density at radius 2 is 2.10 bits per heavy atom. The summed E-state index contributed by atoms with van der Waals surface area (Å²) in [5, 5.41) is 3.35. The van der Waals surface area contributed by atoms with E-state index in [-0.39, 0.29) is 5.41 Å². The Morgan fingerprint density at radius 3 is 2.75 bits per heavy atom. The van der Waals surface area contributed by atoms with Crippen LogP contribution in [0.3, 0.4) is 0 Å². The van der Waals surface area contributed by atoms with Gasteiger partial charge in [0.25, 0.3) is 0 Å². The minimum absolute atomic E-state index is 0.132. The molecule has 1 heterocycles. The van der Waals surface area contributed by atoms with E-state index in [1.54, 1.807) is 11.3 Å². The molecule has 2 rings (SSSR count). The molecule has 20 heavy (non-hydrogen) atoms. The summed E-state index contributed by atoms with van der Waals surface area (Å²) in [6.45, 7) is 7.26. The summed E-state index contributed by atoms with van der Waals surface area (Å²) in [7, 11) is 0. The van der Waals surface area contributed by atoms with Crippen molar-refractivity contribution in [3.05, 3.63) is 40.3 Å². The number of aryl methyl sites for hydroxylation is 1. The summed E-state index contributed by atoms with van der Waals surface area (Å²) >= 11 is 1.74. The molecule has 0 aliphatic rings. The van der Waals surface area contributed by atoms with E-state index in [0.717, 1.165) is 24.3 Å². The summed E-state index contributed by atoms with van der Waals surface area (Å²) in [4.78, 5) is 4.68. The molecule has 2 aromatic rings. The van der Waals surface area contributed by atoms with Crippen LogP contribution in [-0.4, -0.2) is 11.6 Å². The monoisotopic (exact) mass is 290 g/mol. The van der Waals surface area contributed by atoms with Crippen molar-refractivity contribution < 1.29 is 4.74 Å². The highest BCUT2D eigenvalue weighted by Crippen LogP contribution is 2.24. The lowest BCUT2D eigenvalue weighted by atomic mass is 9.93. The molecule has 1 aromatic heterocycles. The van der Waals surface area contributed by atoms with Crippen molar-refractivity contribution in [2.24, 2.45) is 0 Å². The second kappa shape index (κ2) is 6.27. The molecule has 0 saturated heterocycles. The smallest absolute Gasteiger partial charge is 0.121 e. The molecular formula is C16H22N2OS. The molecule has 0 radical (unpaired) electrons. The van der Waals surface area contributed by atoms with Gasteiger partial charge < -0.3 is 10.5 Å². The highest BCUT2D eigenvalue weighted by molar-refractivity contribution is 7.09. The maximum absolute atomic E-state index is 5.71. The maximum atomic E-state index is 5.71. The summed E-state index contributed by atoms with van der Waals surface area (Å²) in [5.41, 5.74) is 7.75. The highest BCUT2D eigenvalue weighted by Gasteiger charge is 2.17. The summed E-state index contributed by atoms with van der Waals surface area (Å²) in [6.07, 6.45) is 1.93. The van der Waals surface area contributed by atoms with Gasteiger partial charge in [-0.1, -0.05) is 26.8 Å². The molecular weight excluding hydrogens is 268 g/mol. The van der Waals surface area contributed by atoms with Crippen LogP contribution in [0.2, 0.25) is 0 Å². The van der Waals surface area contributed by atoms with Gasteiger partial charge in [-0.15, -0.1) is 11.3 Å². The SMILES string of the molecule is CC(C)(C)c1csc(CCCOc2cccc(N)c2)n1. The Kier molecular flexibility index (Phi) is 4.65. The molecule has 0 aliphatic heterocycles. The number of thiazole rings is 1. The zero-order valence-corrected chi connectivity index (χ0v) is 13.2. The van der Waals surface area contributed by atoms with Crippen molar-refractivity contribution in [3.63, 3.8) is 0 Å². The number of ether oxygens (including phenoxy) is 1. The fourth-order valence-corrected chi connectivity index (χ4v) is 2.86. The van der Waals surface area contributed by atoms with Crippen LogP contribution in [0.25, 0.3) is 0 Å². The quantitative estimate of drug-likeness (QED) is 0.668. The molecule has 2 N–H and O–H groups in total. The molecule has 0 aliphatic carbocycles. The zero-order chi connectivity index (χ0) is 14.6. The van der Waals surface area contributed by atoms with Gasteiger partial charge in [0.15, 0.2) is 0 Å². The predicted molar refractivity (Wildman–Crippen MR) is 85.5 cm³/mol. The van der Waals surface area contributed by atoms with Gasteiger partial charge in [-0.25, -0.2) is 4.98 Å². The van der Waals surface area contributed by atoms with Gasteiger partial charge >= 0.3 is 0 Å². The fourth-order valence-electron chi connectivity index (χ4n) is 1.79. The fraction of sp³-hybridized carbons (Fsp3) is 0.438. The molecule has 0 amide bonds. The molecule has 0 saturated carbocycles. The molecule has 108 valence electrons. The first-order chi connectivity index (χ1) is 9.45. The second-order valence-electron chi connectivity index (χ2n) is 5.90. The predicted octanol–water partition coefficient (Wildman–Crippen LogP) is 4.03. The van der Waals surface area contributed by atoms with Crippen LogP contribution in [0.15, 0.2) is 29.6 Å². The number of hydrogen-bond acceptors (Lipinski definition) is 4. The largest absolute Gasteiger partial charge is 0.494 e. The number of anilines is 1. The Hall–Kier alpha value is -1.55. The number of benzene rings is 1. The Morgan fingerprint density at radius 1 is 1.30 bits per heavy atom. The van der Waals surface area contributed by atoms with Gasteiger partial charge in [-0.05, 0) is 18.6 Å². The maximum Gasteiger partial charge on any atom is 0.121 e. The van der Waals surface area contributed by atoms with Crippen molar-refractivity contribution in [2.45, 2.75) is 39.0 Å². The van der Waals surface area contributed by atoms with Crippen LogP contribution in [0, 0.1) is 0 Å². The molecule has 3 nitrogen and oxygen atoms in total. The van der Waals surface area contributed by atoms with E-state index < -0.39 is 0 Å². The molecule has 1 aromatic carbocycles. The van der Waals surface area contributed by atoms with Crippen molar-refractivity contribution in [1.82, 2.24) is 4.98 Å². The van der Waals surface area contributed by atoms with Crippen molar-refractivity contribution in [3.8, 4) is 5.75 Å². The van der Waals surface area contributed by atoms with Gasteiger partial charge in [0.1, 0.15) is 5.75 Å². The van der Waals surface area contributed by atoms with Crippen molar-refractivity contribution in [1.29, 1.82) is 0 Å². The van der Waals surface area contributed by atoms with Crippen molar-refractivity contribution in [2.75, 3.05) is 12.3 Å². The van der Waals surface area contributed by atoms with E-state index in [1.807, 2.05) is 24.3 Å². The standard InChI is InChI=1S/C16H22N2OS/c1-16(2,3)14-11-20-15(18-14)8-5-9-19-13-7-4-6-12(17)10-13/h4,6-7,10-11H,5,8-9,17H2,1-3H3. The third-order valence-corrected chi connectivity index (χ3v) is 3.89. The lowest BCUT2D eigenvalue weighted by Gasteiger charge is -2.14. The summed E-state index contributed by atoms with van der Waals surface area (Å²) < 4.78 is 5.68. The number of nitrogens with two attached hydrogens (primary N) is 1. The normalized spacial score (nSPS) is 11.6. The van der Waals surface area contributed by atoms with Gasteiger partial charge in [0, 0.05) is 29.0 Å². The number of aromatic nitrogens is 1. The van der Waals surface area contributed by atoms with E-state index in [4.69, 9.17) is 10.5 Å². The summed E-state index contributed by atoms with van der Waals surface area (Å²) in [5.74, 6) is 0.833. The number of nitrogens with zero attached hydrogens (tertiary/aromatic N) is 1. The van der Waals surface area contributed by atoms with E-state index in [1.165, 1.54) is 10.7 Å². The van der Waals surface area contributed by atoms with E-state index in [2.05, 4.69) is 31.1 Å². The average Bonchev–Trinajstić information content (AvgIpc) is 2.83. The van der Waals surface area contributed by atoms with Crippen LogP contribution in [-0.2, 0) is 11.8 Å². The molecule has 0 fully saturated rings. The zero-order valence-electron chi connectivity index (χ0n) is 12.3. The summed E-state index contributed by atoms with van der Waals surface area (Å²) in [6, 6.07) is 7.54. The first-order valence-electron chi connectivity index (χ1n) is 6.88. The molecule has 0 spiro atoms. The number of hydrogen-bond donors (Lipinski definition) is 1. The number of rotatable bonds is 5. The van der Waals surface area contributed by atoms with Crippen LogP contribution >= 0.6 is 11.3 Å². The second-order valence-corrected chi connectivity index (χ2v) is 6.84. The Labute approximate surface area is 124 Å². The van der Waals surface area contributed by atoms with Gasteiger partial charge in [-0.3, -0.25) is 0 Å². The van der Waals surface area contributed by atoms with Gasteiger partial charge in [0.05, 0.1) is 17.3 Å².